The van der Waals surface area contributed by atoms with Crippen LogP contribution in [-0.2, 0) is 17.6 Å². The Morgan fingerprint density at radius 2 is 2.00 bits per heavy atom. The van der Waals surface area contributed by atoms with Crippen molar-refractivity contribution >= 4 is 40.3 Å². The first-order chi connectivity index (χ1) is 15.8. The lowest BCUT2D eigenvalue weighted by molar-refractivity contribution is -0.120. The number of carbonyl (C=O) groups excluding carboxylic acids is 1. The van der Waals surface area contributed by atoms with Gasteiger partial charge in [0.15, 0.2) is 10.8 Å². The van der Waals surface area contributed by atoms with Gasteiger partial charge in [-0.15, -0.1) is 0 Å². The molecule has 1 aliphatic rings. The van der Waals surface area contributed by atoms with E-state index in [-0.39, 0.29) is 28.0 Å². The second kappa shape index (κ2) is 8.71. The lowest BCUT2D eigenvalue weighted by atomic mass is 10.0. The largest absolute Gasteiger partial charge is 0.349 e. The van der Waals surface area contributed by atoms with Crippen LogP contribution in [0.3, 0.4) is 0 Å². The van der Waals surface area contributed by atoms with Crippen molar-refractivity contribution in [3.8, 4) is 0 Å². The second-order valence-corrected chi connectivity index (χ2v) is 8.73. The van der Waals surface area contributed by atoms with Crippen molar-refractivity contribution < 1.29 is 9.18 Å². The molecule has 0 spiro atoms. The van der Waals surface area contributed by atoms with E-state index in [1.165, 1.54) is 24.0 Å². The first kappa shape index (κ1) is 22.6. The van der Waals surface area contributed by atoms with Crippen molar-refractivity contribution in [2.45, 2.75) is 45.6 Å². The number of halogens is 1. The maximum Gasteiger partial charge on any atom is 0.259 e. The number of anilines is 2. The van der Waals surface area contributed by atoms with Crippen LogP contribution in [-0.4, -0.2) is 31.5 Å². The highest BCUT2D eigenvalue weighted by atomic mass is 32.1. The number of thiocarbonyl (C=S) groups is 1. The number of pyridine rings is 1. The number of rotatable bonds is 6. The third-order valence-corrected chi connectivity index (χ3v) is 6.20. The van der Waals surface area contributed by atoms with Crippen LogP contribution in [0.4, 0.5) is 21.5 Å². The maximum atomic E-state index is 15.1. The first-order valence-corrected chi connectivity index (χ1v) is 10.9. The molecule has 3 heterocycles. The summed E-state index contributed by atoms with van der Waals surface area (Å²) in [7, 11) is 0. The minimum absolute atomic E-state index is 0.0491. The third-order valence-electron chi connectivity index (χ3n) is 5.84. The Hall–Kier alpha value is -3.64. The number of hydrogen-bond acceptors (Lipinski definition) is 4. The van der Waals surface area contributed by atoms with Gasteiger partial charge in [-0.1, -0.05) is 6.07 Å². The minimum atomic E-state index is -1.03. The van der Waals surface area contributed by atoms with Crippen LogP contribution in [0.5, 0.6) is 0 Å². The summed E-state index contributed by atoms with van der Waals surface area (Å²) < 4.78 is 15.1. The van der Waals surface area contributed by atoms with Gasteiger partial charge >= 0.3 is 0 Å². The molecule has 168 valence electrons. The molecule has 7 nitrogen and oxygen atoms in total. The zero-order valence-electron chi connectivity index (χ0n) is 18.6. The van der Waals surface area contributed by atoms with Crippen molar-refractivity contribution in [2.24, 2.45) is 0 Å². The summed E-state index contributed by atoms with van der Waals surface area (Å²) in [5.41, 5.74) is 0.997. The molecule has 0 unspecified atom stereocenters. The number of aromatic nitrogens is 3. The van der Waals surface area contributed by atoms with Crippen LogP contribution in [0.15, 0.2) is 42.9 Å². The quantitative estimate of drug-likeness (QED) is 0.417. The number of hydrogen-bond donors (Lipinski definition) is 1. The fourth-order valence-corrected chi connectivity index (χ4v) is 4.48. The molecule has 0 bridgehead atoms. The number of carbonyl (C=O) groups is 1. The molecule has 0 aliphatic carbocycles. The number of aryl methyl sites for hydroxylation is 2. The van der Waals surface area contributed by atoms with Gasteiger partial charge in [-0.3, -0.25) is 14.7 Å². The SMILES string of the molecule is [C-]#[N+]c1ccc(N2C(=O)C(C)(C)N(c3ccc(CCCc4ncc[nH]4)nc3)C2=S)c(F)c1C. The Kier molecular flexibility index (Phi) is 5.95. The highest BCUT2D eigenvalue weighted by Crippen LogP contribution is 2.38. The molecule has 1 N–H and O–H groups in total. The van der Waals surface area contributed by atoms with E-state index < -0.39 is 11.4 Å². The van der Waals surface area contributed by atoms with Crippen LogP contribution >= 0.6 is 12.2 Å². The Bertz CT molecular complexity index is 1250. The van der Waals surface area contributed by atoms with Crippen LogP contribution < -0.4 is 9.80 Å². The van der Waals surface area contributed by atoms with E-state index >= 15 is 4.39 Å². The fourth-order valence-electron chi connectivity index (χ4n) is 3.96. The van der Waals surface area contributed by atoms with Gasteiger partial charge in [0.25, 0.3) is 5.91 Å². The average molecular weight is 463 g/mol. The van der Waals surface area contributed by atoms with Crippen LogP contribution in [0, 0.1) is 19.3 Å². The number of benzene rings is 1. The molecule has 1 aromatic carbocycles. The van der Waals surface area contributed by atoms with Gasteiger partial charge < -0.3 is 9.88 Å². The second-order valence-electron chi connectivity index (χ2n) is 8.37. The van der Waals surface area contributed by atoms with Crippen molar-refractivity contribution in [1.82, 2.24) is 15.0 Å². The van der Waals surface area contributed by atoms with E-state index in [4.69, 9.17) is 18.8 Å². The number of nitrogens with one attached hydrogen (secondary N) is 1. The molecule has 1 amide bonds. The van der Waals surface area contributed by atoms with Crippen molar-refractivity contribution in [3.63, 3.8) is 0 Å². The van der Waals surface area contributed by atoms with E-state index in [1.807, 2.05) is 12.1 Å². The molecule has 33 heavy (non-hydrogen) atoms. The van der Waals surface area contributed by atoms with Gasteiger partial charge in [0.1, 0.15) is 17.2 Å². The normalized spacial score (nSPS) is 15.2. The molecule has 1 saturated heterocycles. The maximum absolute atomic E-state index is 15.1. The Morgan fingerprint density at radius 1 is 1.21 bits per heavy atom. The van der Waals surface area contributed by atoms with E-state index in [2.05, 4.69) is 19.8 Å². The molecule has 0 saturated carbocycles. The van der Waals surface area contributed by atoms with E-state index in [9.17, 15) is 4.79 Å². The Balaban J connectivity index is 1.57. The summed E-state index contributed by atoms with van der Waals surface area (Å²) in [6, 6.07) is 6.73. The predicted octanol–water partition coefficient (Wildman–Crippen LogP) is 4.90. The summed E-state index contributed by atoms with van der Waals surface area (Å²) in [4.78, 5) is 31.4. The number of imidazole rings is 1. The summed E-state index contributed by atoms with van der Waals surface area (Å²) in [5.74, 6) is -0.0212. The standard InChI is InChI=1S/C24H23FN6OS/c1-15-18(26-4)10-11-19(21(15)25)30-22(32)24(2,3)31(23(30)33)17-9-8-16(29-14-17)6-5-7-20-27-12-13-28-20/h8-14H,5-7H2,1-3H3,(H,27,28). The smallest absolute Gasteiger partial charge is 0.259 e. The minimum Gasteiger partial charge on any atom is -0.349 e. The van der Waals surface area contributed by atoms with Crippen molar-refractivity contribution in [1.29, 1.82) is 0 Å². The van der Waals surface area contributed by atoms with Crippen LogP contribution in [0.25, 0.3) is 4.85 Å². The zero-order chi connectivity index (χ0) is 23.8. The Labute approximate surface area is 197 Å². The topological polar surface area (TPSA) is 69.5 Å². The molecule has 3 aromatic rings. The highest BCUT2D eigenvalue weighted by molar-refractivity contribution is 7.81. The molecule has 1 aliphatic heterocycles. The lowest BCUT2D eigenvalue weighted by Gasteiger charge is -2.29. The molecule has 4 rings (SSSR count). The Morgan fingerprint density at radius 3 is 2.64 bits per heavy atom. The molecular weight excluding hydrogens is 439 g/mol. The predicted molar refractivity (Wildman–Crippen MR) is 129 cm³/mol. The van der Waals surface area contributed by atoms with Crippen LogP contribution in [0.2, 0.25) is 0 Å². The monoisotopic (exact) mass is 462 g/mol. The van der Waals surface area contributed by atoms with Gasteiger partial charge in [-0.25, -0.2) is 14.2 Å². The highest BCUT2D eigenvalue weighted by Gasteiger charge is 2.51. The van der Waals surface area contributed by atoms with Gasteiger partial charge in [0.2, 0.25) is 0 Å². The summed E-state index contributed by atoms with van der Waals surface area (Å²) in [5, 5.41) is 0.172. The number of amides is 1. The van der Waals surface area contributed by atoms with Gasteiger partial charge in [0, 0.05) is 24.5 Å². The summed E-state index contributed by atoms with van der Waals surface area (Å²) >= 11 is 5.63. The van der Waals surface area contributed by atoms with Gasteiger partial charge in [0.05, 0.1) is 24.1 Å². The molecule has 2 aromatic heterocycles. The molecule has 9 heteroatoms. The lowest BCUT2D eigenvalue weighted by Crippen LogP contribution is -2.44. The zero-order valence-corrected chi connectivity index (χ0v) is 19.4. The number of H-pyrrole nitrogens is 1. The number of aromatic amines is 1. The molecular formula is C24H23FN6OS. The van der Waals surface area contributed by atoms with Gasteiger partial charge in [-0.05, 0) is 69.6 Å². The summed E-state index contributed by atoms with van der Waals surface area (Å²) in [6.07, 6.45) is 7.76. The molecule has 0 radical (unpaired) electrons. The van der Waals surface area contributed by atoms with Crippen LogP contribution in [0.1, 0.15) is 37.4 Å². The van der Waals surface area contributed by atoms with E-state index in [1.54, 1.807) is 37.3 Å². The average Bonchev–Trinajstić information content (AvgIpc) is 3.36. The third kappa shape index (κ3) is 3.98. The summed E-state index contributed by atoms with van der Waals surface area (Å²) in [6.45, 7) is 12.2. The van der Waals surface area contributed by atoms with E-state index in [0.29, 0.717) is 5.69 Å². The van der Waals surface area contributed by atoms with Gasteiger partial charge in [-0.2, -0.15) is 0 Å². The van der Waals surface area contributed by atoms with Crippen molar-refractivity contribution in [2.75, 3.05) is 9.80 Å². The van der Waals surface area contributed by atoms with Crippen molar-refractivity contribution in [3.05, 3.63) is 77.2 Å². The van der Waals surface area contributed by atoms with E-state index in [0.717, 1.165) is 30.8 Å². The molecule has 1 fully saturated rings. The number of nitrogens with zero attached hydrogens (tertiary/aromatic N) is 5. The fraction of sp³-hybridized carbons (Fsp3) is 0.292. The molecule has 0 atom stereocenters. The first-order valence-electron chi connectivity index (χ1n) is 10.5.